The minimum atomic E-state index is -0.242. The van der Waals surface area contributed by atoms with E-state index in [0.717, 1.165) is 17.1 Å². The number of amides is 2. The second-order valence-electron chi connectivity index (χ2n) is 6.80. The average Bonchev–Trinajstić information content (AvgIpc) is 3.44. The standard InChI is InChI=1S/C21H25N3O2/c1-4-24(17-8-6-5-7-9-17)21(26)19-14-18(19)20(25)22-15-10-12-16(13-11-15)23(2)3/h5-13,18-19H,4,14H2,1-3H3,(H,22,25). The molecule has 2 atom stereocenters. The minimum Gasteiger partial charge on any atom is -0.378 e. The van der Waals surface area contributed by atoms with Crippen LogP contribution in [0.5, 0.6) is 0 Å². The zero-order chi connectivity index (χ0) is 18.7. The molecule has 0 bridgehead atoms. The molecule has 0 aromatic heterocycles. The minimum absolute atomic E-state index is 0.0294. The smallest absolute Gasteiger partial charge is 0.230 e. The van der Waals surface area contributed by atoms with Crippen LogP contribution in [0.3, 0.4) is 0 Å². The van der Waals surface area contributed by atoms with E-state index in [4.69, 9.17) is 0 Å². The first kappa shape index (κ1) is 18.0. The highest BCUT2D eigenvalue weighted by Gasteiger charge is 2.49. The lowest BCUT2D eigenvalue weighted by atomic mass is 10.2. The Bertz CT molecular complexity index is 772. The summed E-state index contributed by atoms with van der Waals surface area (Å²) in [5, 5.41) is 2.92. The summed E-state index contributed by atoms with van der Waals surface area (Å²) in [6, 6.07) is 17.3. The predicted octanol–water partition coefficient (Wildman–Crippen LogP) is 3.38. The summed E-state index contributed by atoms with van der Waals surface area (Å²) in [5.74, 6) is -0.517. The van der Waals surface area contributed by atoms with Gasteiger partial charge in [-0.05, 0) is 49.7 Å². The number of hydrogen-bond acceptors (Lipinski definition) is 3. The highest BCUT2D eigenvalue weighted by atomic mass is 16.2. The van der Waals surface area contributed by atoms with Crippen LogP contribution in [0, 0.1) is 11.8 Å². The van der Waals surface area contributed by atoms with E-state index < -0.39 is 0 Å². The molecule has 2 amide bonds. The molecule has 5 heteroatoms. The molecule has 0 heterocycles. The van der Waals surface area contributed by atoms with Crippen molar-refractivity contribution in [2.45, 2.75) is 13.3 Å². The van der Waals surface area contributed by atoms with Gasteiger partial charge in [-0.3, -0.25) is 9.59 Å². The molecule has 136 valence electrons. The van der Waals surface area contributed by atoms with Gasteiger partial charge in [0.05, 0.1) is 11.8 Å². The van der Waals surface area contributed by atoms with E-state index in [1.807, 2.05) is 80.5 Å². The van der Waals surface area contributed by atoms with Gasteiger partial charge in [0, 0.05) is 37.7 Å². The molecule has 1 saturated carbocycles. The second-order valence-corrected chi connectivity index (χ2v) is 6.80. The van der Waals surface area contributed by atoms with Crippen LogP contribution in [0.4, 0.5) is 17.1 Å². The summed E-state index contributed by atoms with van der Waals surface area (Å²) < 4.78 is 0. The lowest BCUT2D eigenvalue weighted by Gasteiger charge is -2.21. The maximum Gasteiger partial charge on any atom is 0.230 e. The van der Waals surface area contributed by atoms with E-state index in [1.165, 1.54) is 0 Å². The van der Waals surface area contributed by atoms with Crippen molar-refractivity contribution in [2.75, 3.05) is 35.8 Å². The highest BCUT2D eigenvalue weighted by Crippen LogP contribution is 2.41. The van der Waals surface area contributed by atoms with E-state index in [9.17, 15) is 9.59 Å². The summed E-state index contributed by atoms with van der Waals surface area (Å²) in [6.45, 7) is 2.55. The van der Waals surface area contributed by atoms with Crippen LogP contribution in [0.1, 0.15) is 13.3 Å². The number of nitrogens with zero attached hydrogens (tertiary/aromatic N) is 2. The molecule has 0 aliphatic heterocycles. The van der Waals surface area contributed by atoms with Crippen molar-refractivity contribution in [3.05, 3.63) is 54.6 Å². The zero-order valence-corrected chi connectivity index (χ0v) is 15.5. The first-order valence-corrected chi connectivity index (χ1v) is 8.96. The molecule has 1 fully saturated rings. The first-order chi connectivity index (χ1) is 12.5. The van der Waals surface area contributed by atoms with Crippen molar-refractivity contribution in [1.29, 1.82) is 0 Å². The van der Waals surface area contributed by atoms with Gasteiger partial charge in [0.25, 0.3) is 0 Å². The molecule has 2 aromatic carbocycles. The number of carbonyl (C=O) groups excluding carboxylic acids is 2. The van der Waals surface area contributed by atoms with Crippen LogP contribution >= 0.6 is 0 Å². The van der Waals surface area contributed by atoms with Crippen LogP contribution < -0.4 is 15.1 Å². The quantitative estimate of drug-likeness (QED) is 0.868. The van der Waals surface area contributed by atoms with Gasteiger partial charge in [-0.2, -0.15) is 0 Å². The number of rotatable bonds is 6. The molecule has 26 heavy (non-hydrogen) atoms. The van der Waals surface area contributed by atoms with Crippen molar-refractivity contribution in [3.63, 3.8) is 0 Å². The summed E-state index contributed by atoms with van der Waals surface area (Å²) in [5.41, 5.74) is 2.71. The summed E-state index contributed by atoms with van der Waals surface area (Å²) >= 11 is 0. The number of hydrogen-bond donors (Lipinski definition) is 1. The molecule has 0 saturated heterocycles. The van der Waals surface area contributed by atoms with E-state index in [2.05, 4.69) is 5.32 Å². The van der Waals surface area contributed by atoms with Crippen LogP contribution in [-0.4, -0.2) is 32.5 Å². The number of carbonyl (C=O) groups is 2. The fraction of sp³-hybridized carbons (Fsp3) is 0.333. The Balaban J connectivity index is 1.60. The molecular formula is C21H25N3O2. The van der Waals surface area contributed by atoms with Crippen LogP contribution in [0.25, 0.3) is 0 Å². The Morgan fingerprint density at radius 2 is 1.62 bits per heavy atom. The normalized spacial score (nSPS) is 18.1. The SMILES string of the molecule is CCN(C(=O)C1CC1C(=O)Nc1ccc(N(C)C)cc1)c1ccccc1. The highest BCUT2D eigenvalue weighted by molar-refractivity contribution is 6.04. The Kier molecular flexibility index (Phi) is 5.26. The second kappa shape index (κ2) is 7.60. The van der Waals surface area contributed by atoms with Gasteiger partial charge < -0.3 is 15.1 Å². The molecule has 0 radical (unpaired) electrons. The molecule has 1 aliphatic rings. The molecule has 2 aromatic rings. The molecule has 0 spiro atoms. The van der Waals surface area contributed by atoms with Crippen molar-refractivity contribution in [3.8, 4) is 0 Å². The lowest BCUT2D eigenvalue weighted by molar-refractivity contribution is -0.123. The van der Waals surface area contributed by atoms with E-state index in [-0.39, 0.29) is 23.7 Å². The lowest BCUT2D eigenvalue weighted by Crippen LogP contribution is -2.33. The number of nitrogens with one attached hydrogen (secondary N) is 1. The van der Waals surface area contributed by atoms with Gasteiger partial charge in [-0.15, -0.1) is 0 Å². The molecule has 2 unspecified atom stereocenters. The van der Waals surface area contributed by atoms with Crippen molar-refractivity contribution in [1.82, 2.24) is 0 Å². The van der Waals surface area contributed by atoms with Gasteiger partial charge in [0.1, 0.15) is 0 Å². The van der Waals surface area contributed by atoms with Crippen LogP contribution in [0.2, 0.25) is 0 Å². The fourth-order valence-corrected chi connectivity index (χ4v) is 3.11. The average molecular weight is 351 g/mol. The van der Waals surface area contributed by atoms with Crippen molar-refractivity contribution >= 4 is 28.9 Å². The third-order valence-corrected chi connectivity index (χ3v) is 4.75. The largest absolute Gasteiger partial charge is 0.378 e. The van der Waals surface area contributed by atoms with Gasteiger partial charge in [0.2, 0.25) is 11.8 Å². The maximum absolute atomic E-state index is 12.8. The van der Waals surface area contributed by atoms with E-state index >= 15 is 0 Å². The summed E-state index contributed by atoms with van der Waals surface area (Å²) in [4.78, 5) is 29.0. The Hall–Kier alpha value is -2.82. The summed E-state index contributed by atoms with van der Waals surface area (Å²) in [7, 11) is 3.94. The molecular weight excluding hydrogens is 326 g/mol. The van der Waals surface area contributed by atoms with E-state index in [1.54, 1.807) is 4.90 Å². The fourth-order valence-electron chi connectivity index (χ4n) is 3.11. The van der Waals surface area contributed by atoms with Crippen LogP contribution in [0.15, 0.2) is 54.6 Å². The Labute approximate surface area is 154 Å². The number of benzene rings is 2. The monoisotopic (exact) mass is 351 g/mol. The third kappa shape index (κ3) is 3.87. The first-order valence-electron chi connectivity index (χ1n) is 8.96. The van der Waals surface area contributed by atoms with Crippen molar-refractivity contribution < 1.29 is 9.59 Å². The predicted molar refractivity (Wildman–Crippen MR) is 105 cm³/mol. The molecule has 5 nitrogen and oxygen atoms in total. The Morgan fingerprint density at radius 1 is 0.962 bits per heavy atom. The molecule has 3 rings (SSSR count). The van der Waals surface area contributed by atoms with Gasteiger partial charge in [-0.1, -0.05) is 18.2 Å². The Morgan fingerprint density at radius 3 is 2.19 bits per heavy atom. The van der Waals surface area contributed by atoms with Gasteiger partial charge >= 0.3 is 0 Å². The van der Waals surface area contributed by atoms with E-state index in [0.29, 0.717) is 13.0 Å². The van der Waals surface area contributed by atoms with Gasteiger partial charge in [-0.25, -0.2) is 0 Å². The summed E-state index contributed by atoms with van der Waals surface area (Å²) in [6.07, 6.45) is 0.615. The van der Waals surface area contributed by atoms with Crippen LogP contribution in [-0.2, 0) is 9.59 Å². The number of anilines is 3. The maximum atomic E-state index is 12.8. The topological polar surface area (TPSA) is 52.7 Å². The number of para-hydroxylation sites is 1. The van der Waals surface area contributed by atoms with Crippen molar-refractivity contribution in [2.24, 2.45) is 11.8 Å². The zero-order valence-electron chi connectivity index (χ0n) is 15.5. The molecule has 1 N–H and O–H groups in total. The molecule has 1 aliphatic carbocycles. The van der Waals surface area contributed by atoms with Gasteiger partial charge in [0.15, 0.2) is 0 Å². The third-order valence-electron chi connectivity index (χ3n) is 4.75.